The van der Waals surface area contributed by atoms with Gasteiger partial charge in [0.15, 0.2) is 0 Å². The normalized spacial score (nSPS) is 12.9. The molecule has 0 saturated carbocycles. The number of nitrogens with one attached hydrogen (secondary N) is 1. The number of aryl methyl sites for hydroxylation is 1. The Kier molecular flexibility index (Phi) is 4.24. The number of rotatable bonds is 3. The molecule has 1 heterocycles. The Hall–Kier alpha value is -3.80. The highest BCUT2D eigenvalue weighted by atomic mass is 19.1. The first-order chi connectivity index (χ1) is 13.5. The van der Waals surface area contributed by atoms with Gasteiger partial charge in [-0.05, 0) is 61.0 Å². The SMILES string of the molecule is Cc1ccc(NC(=O)c2ccc(N3C(=O)c4ccccc4C3=O)cc2)cc1F. The van der Waals surface area contributed by atoms with Crippen LogP contribution < -0.4 is 10.2 Å². The van der Waals surface area contributed by atoms with E-state index in [4.69, 9.17) is 0 Å². The van der Waals surface area contributed by atoms with Gasteiger partial charge < -0.3 is 5.32 Å². The molecule has 6 heteroatoms. The number of hydrogen-bond acceptors (Lipinski definition) is 3. The molecule has 28 heavy (non-hydrogen) atoms. The van der Waals surface area contributed by atoms with Crippen molar-refractivity contribution in [2.24, 2.45) is 0 Å². The number of nitrogens with zero attached hydrogens (tertiary/aromatic N) is 1. The van der Waals surface area contributed by atoms with Gasteiger partial charge in [0.1, 0.15) is 5.82 Å². The highest BCUT2D eigenvalue weighted by Gasteiger charge is 2.36. The van der Waals surface area contributed by atoms with E-state index in [9.17, 15) is 18.8 Å². The van der Waals surface area contributed by atoms with Gasteiger partial charge in [0.25, 0.3) is 17.7 Å². The molecule has 0 saturated heterocycles. The summed E-state index contributed by atoms with van der Waals surface area (Å²) in [5, 5.41) is 2.62. The average molecular weight is 374 g/mol. The van der Waals surface area contributed by atoms with Crippen LogP contribution in [0.2, 0.25) is 0 Å². The second-order valence-electron chi connectivity index (χ2n) is 6.46. The van der Waals surface area contributed by atoms with Crippen molar-refractivity contribution in [3.8, 4) is 0 Å². The summed E-state index contributed by atoms with van der Waals surface area (Å²) in [6, 6.07) is 17.2. The van der Waals surface area contributed by atoms with Crippen molar-refractivity contribution >= 4 is 29.1 Å². The molecule has 0 atom stereocenters. The van der Waals surface area contributed by atoms with E-state index in [-0.39, 0.29) is 0 Å². The third-order valence-corrected chi connectivity index (χ3v) is 4.61. The number of carbonyl (C=O) groups excluding carboxylic acids is 3. The fraction of sp³-hybridized carbons (Fsp3) is 0.0455. The van der Waals surface area contributed by atoms with Gasteiger partial charge in [-0.25, -0.2) is 9.29 Å². The number of fused-ring (bicyclic) bond motifs is 1. The van der Waals surface area contributed by atoms with Crippen LogP contribution in [-0.2, 0) is 0 Å². The van der Waals surface area contributed by atoms with Crippen molar-refractivity contribution < 1.29 is 18.8 Å². The van der Waals surface area contributed by atoms with Crippen LogP contribution in [-0.4, -0.2) is 17.7 Å². The molecule has 3 aromatic carbocycles. The second-order valence-corrected chi connectivity index (χ2v) is 6.46. The van der Waals surface area contributed by atoms with Crippen LogP contribution in [0.1, 0.15) is 36.6 Å². The molecule has 138 valence electrons. The quantitative estimate of drug-likeness (QED) is 0.699. The summed E-state index contributed by atoms with van der Waals surface area (Å²) in [6.07, 6.45) is 0. The lowest BCUT2D eigenvalue weighted by Gasteiger charge is -2.14. The van der Waals surface area contributed by atoms with Crippen molar-refractivity contribution in [2.45, 2.75) is 6.92 Å². The Morgan fingerprint density at radius 3 is 2.07 bits per heavy atom. The van der Waals surface area contributed by atoms with Crippen LogP contribution in [0.25, 0.3) is 0 Å². The van der Waals surface area contributed by atoms with E-state index in [0.29, 0.717) is 33.6 Å². The molecule has 0 bridgehead atoms. The van der Waals surface area contributed by atoms with Gasteiger partial charge in [0, 0.05) is 11.3 Å². The van der Waals surface area contributed by atoms with E-state index >= 15 is 0 Å². The fourth-order valence-corrected chi connectivity index (χ4v) is 3.06. The summed E-state index contributed by atoms with van der Waals surface area (Å²) in [6.45, 7) is 1.64. The molecule has 0 aromatic heterocycles. The Bertz CT molecular complexity index is 1090. The van der Waals surface area contributed by atoms with E-state index in [2.05, 4.69) is 5.32 Å². The molecule has 1 aliphatic heterocycles. The molecular weight excluding hydrogens is 359 g/mol. The molecule has 0 radical (unpaired) electrons. The molecule has 0 unspecified atom stereocenters. The van der Waals surface area contributed by atoms with Crippen molar-refractivity contribution in [3.05, 3.63) is 94.8 Å². The molecule has 4 rings (SSSR count). The number of benzene rings is 3. The number of amides is 3. The van der Waals surface area contributed by atoms with Gasteiger partial charge in [0.05, 0.1) is 16.8 Å². The highest BCUT2D eigenvalue weighted by Crippen LogP contribution is 2.28. The zero-order chi connectivity index (χ0) is 19.8. The lowest BCUT2D eigenvalue weighted by Crippen LogP contribution is -2.29. The molecule has 5 nitrogen and oxygen atoms in total. The Balaban J connectivity index is 1.54. The first-order valence-corrected chi connectivity index (χ1v) is 8.61. The van der Waals surface area contributed by atoms with E-state index in [1.165, 1.54) is 30.3 Å². The minimum absolute atomic E-state index is 0.321. The van der Waals surface area contributed by atoms with E-state index in [1.54, 1.807) is 43.3 Å². The topological polar surface area (TPSA) is 66.5 Å². The van der Waals surface area contributed by atoms with Crippen molar-refractivity contribution in [3.63, 3.8) is 0 Å². The second kappa shape index (κ2) is 6.74. The largest absolute Gasteiger partial charge is 0.322 e. The fourth-order valence-electron chi connectivity index (χ4n) is 3.06. The molecule has 3 amide bonds. The van der Waals surface area contributed by atoms with Gasteiger partial charge in [-0.3, -0.25) is 14.4 Å². The smallest absolute Gasteiger partial charge is 0.266 e. The standard InChI is InChI=1S/C22H15FN2O3/c1-13-6-9-15(12-19(13)23)24-20(26)14-7-10-16(11-8-14)25-21(27)17-4-2-3-5-18(17)22(25)28/h2-12H,1H3,(H,24,26). The van der Waals surface area contributed by atoms with Crippen LogP contribution in [0, 0.1) is 12.7 Å². The van der Waals surface area contributed by atoms with Gasteiger partial charge in [-0.1, -0.05) is 18.2 Å². The van der Waals surface area contributed by atoms with Crippen molar-refractivity contribution in [1.29, 1.82) is 0 Å². The first kappa shape index (κ1) is 17.6. The van der Waals surface area contributed by atoms with Crippen molar-refractivity contribution in [2.75, 3.05) is 10.2 Å². The molecule has 1 aliphatic rings. The predicted molar refractivity (Wildman–Crippen MR) is 103 cm³/mol. The van der Waals surface area contributed by atoms with Crippen LogP contribution in [0.3, 0.4) is 0 Å². The monoisotopic (exact) mass is 374 g/mol. The van der Waals surface area contributed by atoms with Gasteiger partial charge in [0.2, 0.25) is 0 Å². The number of imide groups is 1. The number of carbonyl (C=O) groups is 3. The molecule has 0 spiro atoms. The highest BCUT2D eigenvalue weighted by molar-refractivity contribution is 6.34. The number of anilines is 2. The molecular formula is C22H15FN2O3. The first-order valence-electron chi connectivity index (χ1n) is 8.61. The summed E-state index contributed by atoms with van der Waals surface area (Å²) in [5.74, 6) is -1.61. The number of hydrogen-bond donors (Lipinski definition) is 1. The maximum Gasteiger partial charge on any atom is 0.266 e. The molecule has 0 fully saturated rings. The summed E-state index contributed by atoms with van der Waals surface area (Å²) in [7, 11) is 0. The lowest BCUT2D eigenvalue weighted by atomic mass is 10.1. The minimum Gasteiger partial charge on any atom is -0.322 e. The molecule has 1 N–H and O–H groups in total. The summed E-state index contributed by atoms with van der Waals surface area (Å²) >= 11 is 0. The molecule has 0 aliphatic carbocycles. The van der Waals surface area contributed by atoms with Crippen LogP contribution in [0.4, 0.5) is 15.8 Å². The van der Waals surface area contributed by atoms with Crippen molar-refractivity contribution in [1.82, 2.24) is 0 Å². The maximum absolute atomic E-state index is 13.6. The number of halogens is 1. The maximum atomic E-state index is 13.6. The Labute approximate surface area is 160 Å². The summed E-state index contributed by atoms with van der Waals surface area (Å²) in [4.78, 5) is 38.5. The zero-order valence-corrected chi connectivity index (χ0v) is 14.9. The van der Waals surface area contributed by atoms with Crippen LogP contribution in [0.5, 0.6) is 0 Å². The van der Waals surface area contributed by atoms with Gasteiger partial charge in [-0.15, -0.1) is 0 Å². The van der Waals surface area contributed by atoms with Crippen LogP contribution >= 0.6 is 0 Å². The van der Waals surface area contributed by atoms with Crippen LogP contribution in [0.15, 0.2) is 66.7 Å². The average Bonchev–Trinajstić information content (AvgIpc) is 2.96. The molecule has 3 aromatic rings. The summed E-state index contributed by atoms with van der Waals surface area (Å²) < 4.78 is 13.6. The minimum atomic E-state index is -0.419. The zero-order valence-electron chi connectivity index (χ0n) is 14.9. The van der Waals surface area contributed by atoms with E-state index in [0.717, 1.165) is 4.90 Å². The van der Waals surface area contributed by atoms with Gasteiger partial charge in [-0.2, -0.15) is 0 Å². The van der Waals surface area contributed by atoms with Gasteiger partial charge >= 0.3 is 0 Å². The third-order valence-electron chi connectivity index (χ3n) is 4.61. The third kappa shape index (κ3) is 2.95. The Morgan fingerprint density at radius 2 is 1.50 bits per heavy atom. The summed E-state index contributed by atoms with van der Waals surface area (Å²) in [5.41, 5.74) is 2.25. The Morgan fingerprint density at radius 1 is 0.893 bits per heavy atom. The lowest BCUT2D eigenvalue weighted by molar-refractivity contribution is 0.0925. The van der Waals surface area contributed by atoms with E-state index in [1.807, 2.05) is 0 Å². The van der Waals surface area contributed by atoms with E-state index < -0.39 is 23.5 Å². The predicted octanol–water partition coefficient (Wildman–Crippen LogP) is 4.19.